The van der Waals surface area contributed by atoms with Crippen LogP contribution in [0.4, 0.5) is 0 Å². The van der Waals surface area contributed by atoms with Crippen molar-refractivity contribution >= 4 is 15.8 Å². The average Bonchev–Trinajstić information content (AvgIpc) is 2.60. The molecule has 0 spiro atoms. The highest BCUT2D eigenvalue weighted by Crippen LogP contribution is 2.34. The molecule has 2 heterocycles. The van der Waals surface area contributed by atoms with E-state index in [0.29, 0.717) is 13.0 Å². The monoisotopic (exact) mass is 231 g/mol. The molecule has 0 aliphatic carbocycles. The third kappa shape index (κ3) is 1.57. The Bertz CT molecular complexity index is 402. The van der Waals surface area contributed by atoms with Crippen LogP contribution in [0.25, 0.3) is 0 Å². The smallest absolute Gasteiger partial charge is 0.324 e. The van der Waals surface area contributed by atoms with Crippen LogP contribution >= 0.6 is 0 Å². The first kappa shape index (κ1) is 10.6. The molecule has 2 aliphatic heterocycles. The second-order valence-electron chi connectivity index (χ2n) is 4.06. The number of aliphatic carboxylic acids is 1. The zero-order valence-corrected chi connectivity index (χ0v) is 8.98. The van der Waals surface area contributed by atoms with E-state index in [-0.39, 0.29) is 17.0 Å². The minimum Gasteiger partial charge on any atom is -0.480 e. The molecular formula is C9H13NO4S. The maximum absolute atomic E-state index is 11.4. The van der Waals surface area contributed by atoms with E-state index in [4.69, 9.17) is 5.11 Å². The van der Waals surface area contributed by atoms with E-state index in [1.165, 1.54) is 6.08 Å². The van der Waals surface area contributed by atoms with Crippen LogP contribution in [0.1, 0.15) is 6.42 Å². The number of carboxylic acid groups (broad SMARTS) is 1. The van der Waals surface area contributed by atoms with Crippen molar-refractivity contribution in [1.82, 2.24) is 4.90 Å². The van der Waals surface area contributed by atoms with Gasteiger partial charge in [0.05, 0.1) is 11.0 Å². The predicted octanol–water partition coefficient (Wildman–Crippen LogP) is -0.503. The molecule has 3 unspecified atom stereocenters. The Morgan fingerprint density at radius 3 is 2.60 bits per heavy atom. The van der Waals surface area contributed by atoms with Crippen molar-refractivity contribution in [2.75, 3.05) is 12.3 Å². The molecule has 2 bridgehead atoms. The highest BCUT2D eigenvalue weighted by Gasteiger charge is 2.50. The zero-order chi connectivity index (χ0) is 11.2. The lowest BCUT2D eigenvalue weighted by Crippen LogP contribution is -2.48. The third-order valence-corrected chi connectivity index (χ3v) is 5.39. The van der Waals surface area contributed by atoms with E-state index in [1.54, 1.807) is 4.90 Å². The Morgan fingerprint density at radius 1 is 1.60 bits per heavy atom. The van der Waals surface area contributed by atoms with Crippen molar-refractivity contribution in [3.8, 4) is 0 Å². The molecule has 15 heavy (non-hydrogen) atoms. The SMILES string of the molecule is C=CC(C(=O)O)N1CC2CC1CS2(=O)=O. The van der Waals surface area contributed by atoms with Crippen molar-refractivity contribution in [1.29, 1.82) is 0 Å². The number of carbonyl (C=O) groups is 1. The Morgan fingerprint density at radius 2 is 2.27 bits per heavy atom. The summed E-state index contributed by atoms with van der Waals surface area (Å²) < 4.78 is 22.9. The summed E-state index contributed by atoms with van der Waals surface area (Å²) in [6.07, 6.45) is 1.93. The van der Waals surface area contributed by atoms with Crippen molar-refractivity contribution < 1.29 is 18.3 Å². The molecule has 0 aromatic heterocycles. The van der Waals surface area contributed by atoms with Crippen LogP contribution in [-0.2, 0) is 14.6 Å². The summed E-state index contributed by atoms with van der Waals surface area (Å²) in [5, 5.41) is 8.56. The normalized spacial score (nSPS) is 35.2. The Balaban J connectivity index is 2.18. The standard InChI is InChI=1S/C9H13NO4S/c1-2-8(9(11)12)10-4-7-3-6(10)5-15(7,13)14/h2,6-8H,1,3-5H2,(H,11,12). The van der Waals surface area contributed by atoms with Crippen molar-refractivity contribution in [2.24, 2.45) is 0 Å². The molecule has 2 saturated heterocycles. The predicted molar refractivity (Wildman–Crippen MR) is 54.3 cm³/mol. The van der Waals surface area contributed by atoms with Gasteiger partial charge in [-0.25, -0.2) is 8.42 Å². The largest absolute Gasteiger partial charge is 0.480 e. The topological polar surface area (TPSA) is 74.7 Å². The zero-order valence-electron chi connectivity index (χ0n) is 8.17. The number of rotatable bonds is 3. The molecule has 5 nitrogen and oxygen atoms in total. The van der Waals surface area contributed by atoms with Crippen LogP contribution in [0.3, 0.4) is 0 Å². The summed E-state index contributed by atoms with van der Waals surface area (Å²) in [7, 11) is -2.96. The van der Waals surface area contributed by atoms with Gasteiger partial charge in [-0.2, -0.15) is 0 Å². The number of sulfone groups is 1. The number of nitrogens with zero attached hydrogens (tertiary/aromatic N) is 1. The third-order valence-electron chi connectivity index (χ3n) is 3.18. The van der Waals surface area contributed by atoms with Crippen molar-refractivity contribution in [3.63, 3.8) is 0 Å². The van der Waals surface area contributed by atoms with E-state index in [2.05, 4.69) is 6.58 Å². The van der Waals surface area contributed by atoms with Crippen molar-refractivity contribution in [2.45, 2.75) is 23.8 Å². The van der Waals surface area contributed by atoms with E-state index >= 15 is 0 Å². The summed E-state index contributed by atoms with van der Waals surface area (Å²) in [6.45, 7) is 3.80. The van der Waals surface area contributed by atoms with Gasteiger partial charge in [0.2, 0.25) is 0 Å². The van der Waals surface area contributed by atoms with Gasteiger partial charge in [0.15, 0.2) is 9.84 Å². The quantitative estimate of drug-likeness (QED) is 0.663. The highest BCUT2D eigenvalue weighted by atomic mass is 32.2. The first-order valence-corrected chi connectivity index (χ1v) is 6.50. The van der Waals surface area contributed by atoms with E-state index in [1.807, 2.05) is 0 Å². The van der Waals surface area contributed by atoms with Gasteiger partial charge in [-0.1, -0.05) is 6.08 Å². The minimum absolute atomic E-state index is 0.0925. The van der Waals surface area contributed by atoms with Gasteiger partial charge in [0, 0.05) is 12.6 Å². The number of hydrogen-bond acceptors (Lipinski definition) is 4. The van der Waals surface area contributed by atoms with Crippen LogP contribution < -0.4 is 0 Å². The molecule has 0 amide bonds. The summed E-state index contributed by atoms with van der Waals surface area (Å²) in [5.74, 6) is -0.870. The molecule has 0 saturated carbocycles. The fourth-order valence-electron chi connectivity index (χ4n) is 2.44. The lowest BCUT2D eigenvalue weighted by Gasteiger charge is -2.30. The number of fused-ring (bicyclic) bond motifs is 2. The molecule has 2 fully saturated rings. The van der Waals surface area contributed by atoms with Crippen LogP contribution in [0.15, 0.2) is 12.7 Å². The van der Waals surface area contributed by atoms with E-state index < -0.39 is 21.8 Å². The van der Waals surface area contributed by atoms with Gasteiger partial charge in [0.25, 0.3) is 0 Å². The Labute approximate surface area is 88.3 Å². The molecule has 3 atom stereocenters. The van der Waals surface area contributed by atoms with E-state index in [0.717, 1.165) is 0 Å². The first-order valence-electron chi connectivity index (χ1n) is 4.78. The second kappa shape index (κ2) is 3.31. The molecule has 84 valence electrons. The molecule has 6 heteroatoms. The highest BCUT2D eigenvalue weighted by molar-refractivity contribution is 7.92. The molecule has 2 rings (SSSR count). The number of likely N-dealkylation sites (tertiary alicyclic amines) is 1. The first-order chi connectivity index (χ1) is 6.95. The fraction of sp³-hybridized carbons (Fsp3) is 0.667. The fourth-order valence-corrected chi connectivity index (χ4v) is 4.50. The maximum Gasteiger partial charge on any atom is 0.324 e. The number of hydrogen-bond donors (Lipinski definition) is 1. The second-order valence-corrected chi connectivity index (χ2v) is 6.38. The average molecular weight is 231 g/mol. The lowest BCUT2D eigenvalue weighted by atomic mass is 10.2. The van der Waals surface area contributed by atoms with Crippen LogP contribution in [0.2, 0.25) is 0 Å². The number of carboxylic acids is 1. The molecule has 1 N–H and O–H groups in total. The van der Waals surface area contributed by atoms with Gasteiger partial charge in [-0.05, 0) is 6.42 Å². The molecule has 2 aliphatic rings. The molecular weight excluding hydrogens is 218 g/mol. The summed E-state index contributed by atoms with van der Waals surface area (Å²) in [4.78, 5) is 12.6. The molecule has 0 aromatic carbocycles. The van der Waals surface area contributed by atoms with Crippen LogP contribution in [0.5, 0.6) is 0 Å². The Hall–Kier alpha value is -0.880. The van der Waals surface area contributed by atoms with Gasteiger partial charge in [-0.3, -0.25) is 9.69 Å². The molecule has 0 radical (unpaired) electrons. The van der Waals surface area contributed by atoms with E-state index in [9.17, 15) is 13.2 Å². The molecule has 0 aromatic rings. The van der Waals surface area contributed by atoms with Gasteiger partial charge in [-0.15, -0.1) is 6.58 Å². The summed E-state index contributed by atoms with van der Waals surface area (Å²) in [5.41, 5.74) is 0. The summed E-state index contributed by atoms with van der Waals surface area (Å²) >= 11 is 0. The Kier molecular flexibility index (Phi) is 2.35. The van der Waals surface area contributed by atoms with Crippen molar-refractivity contribution in [3.05, 3.63) is 12.7 Å². The van der Waals surface area contributed by atoms with Crippen LogP contribution in [0, 0.1) is 0 Å². The minimum atomic E-state index is -2.96. The van der Waals surface area contributed by atoms with Gasteiger partial charge < -0.3 is 5.11 Å². The van der Waals surface area contributed by atoms with Crippen LogP contribution in [-0.4, -0.2) is 54.0 Å². The van der Waals surface area contributed by atoms with Gasteiger partial charge >= 0.3 is 5.97 Å². The van der Waals surface area contributed by atoms with Gasteiger partial charge in [0.1, 0.15) is 6.04 Å². The summed E-state index contributed by atoms with van der Waals surface area (Å²) in [6, 6.07) is -0.894. The maximum atomic E-state index is 11.4. The lowest BCUT2D eigenvalue weighted by molar-refractivity contribution is -0.141.